The summed E-state index contributed by atoms with van der Waals surface area (Å²) in [6, 6.07) is 2.44. The van der Waals surface area contributed by atoms with Crippen LogP contribution in [0.1, 0.15) is 46.0 Å². The summed E-state index contributed by atoms with van der Waals surface area (Å²) in [5.74, 6) is 0. The van der Waals surface area contributed by atoms with Gasteiger partial charge in [-0.3, -0.25) is 5.32 Å². The molecule has 0 saturated carbocycles. The van der Waals surface area contributed by atoms with E-state index >= 15 is 0 Å². The molecule has 1 aliphatic rings. The maximum atomic E-state index is 9.30. The Kier molecular flexibility index (Phi) is 8.13. The molecule has 0 aromatic carbocycles. The molecule has 1 unspecified atom stereocenters. The summed E-state index contributed by atoms with van der Waals surface area (Å²) in [4.78, 5) is 4.99. The highest BCUT2D eigenvalue weighted by Crippen LogP contribution is 2.13. The summed E-state index contributed by atoms with van der Waals surface area (Å²) in [5, 5.41) is 12.7. The smallest absolute Gasteiger partial charge is 0.103 e. The van der Waals surface area contributed by atoms with E-state index in [0.717, 1.165) is 25.8 Å². The van der Waals surface area contributed by atoms with Gasteiger partial charge in [-0.25, -0.2) is 0 Å². The maximum absolute atomic E-state index is 9.30. The summed E-state index contributed by atoms with van der Waals surface area (Å²) in [5.41, 5.74) is -0.338. The number of nitrogens with one attached hydrogen (secondary N) is 1. The van der Waals surface area contributed by atoms with Gasteiger partial charge in [-0.15, -0.1) is 0 Å². The predicted octanol–water partition coefficient (Wildman–Crippen LogP) is 2.08. The van der Waals surface area contributed by atoms with Gasteiger partial charge in [-0.1, -0.05) is 6.92 Å². The molecule has 0 amide bonds. The van der Waals surface area contributed by atoms with Crippen LogP contribution >= 0.6 is 0 Å². The van der Waals surface area contributed by atoms with Crippen LogP contribution in [0.4, 0.5) is 0 Å². The van der Waals surface area contributed by atoms with Crippen LogP contribution in [0.15, 0.2) is 0 Å². The number of nitrogens with zero attached hydrogens (tertiary/aromatic N) is 3. The molecule has 0 aliphatic carbocycles. The first-order valence-corrected chi connectivity index (χ1v) is 8.17. The Balaban J connectivity index is 2.18. The van der Waals surface area contributed by atoms with Gasteiger partial charge in [0.05, 0.1) is 6.07 Å². The summed E-state index contributed by atoms with van der Waals surface area (Å²) in [6.07, 6.45) is 5.65. The fourth-order valence-corrected chi connectivity index (χ4v) is 2.72. The second-order valence-electron chi connectivity index (χ2n) is 6.33. The molecule has 4 nitrogen and oxygen atoms in total. The van der Waals surface area contributed by atoms with Crippen molar-refractivity contribution >= 4 is 0 Å². The van der Waals surface area contributed by atoms with Gasteiger partial charge in [0.25, 0.3) is 0 Å². The molecule has 20 heavy (non-hydrogen) atoms. The SMILES string of the molecule is CCCNC(C)(C#N)CCCCN1CCCN(C)CC1. The van der Waals surface area contributed by atoms with Crippen molar-refractivity contribution in [1.29, 1.82) is 5.26 Å². The van der Waals surface area contributed by atoms with Crippen molar-refractivity contribution in [3.63, 3.8) is 0 Å². The predicted molar refractivity (Wildman–Crippen MR) is 84.7 cm³/mol. The second kappa shape index (κ2) is 9.33. The average Bonchev–Trinajstić information content (AvgIpc) is 2.66. The van der Waals surface area contributed by atoms with Crippen molar-refractivity contribution in [2.45, 2.75) is 51.5 Å². The zero-order valence-corrected chi connectivity index (χ0v) is 13.6. The quantitative estimate of drug-likeness (QED) is 0.691. The molecule has 0 bridgehead atoms. The van der Waals surface area contributed by atoms with E-state index in [1.165, 1.54) is 45.6 Å². The minimum absolute atomic E-state index is 0.338. The third kappa shape index (κ3) is 6.69. The summed E-state index contributed by atoms with van der Waals surface area (Å²) >= 11 is 0. The number of rotatable bonds is 8. The Morgan fingerprint density at radius 3 is 2.70 bits per heavy atom. The van der Waals surface area contributed by atoms with Crippen molar-refractivity contribution in [3.05, 3.63) is 0 Å². The molecular formula is C16H32N4. The van der Waals surface area contributed by atoms with E-state index in [4.69, 9.17) is 0 Å². The van der Waals surface area contributed by atoms with E-state index < -0.39 is 0 Å². The summed E-state index contributed by atoms with van der Waals surface area (Å²) in [7, 11) is 2.21. The number of likely N-dealkylation sites (N-methyl/N-ethyl adjacent to an activating group) is 1. The normalized spacial score (nSPS) is 21.1. The van der Waals surface area contributed by atoms with E-state index in [0.29, 0.717) is 0 Å². The lowest BCUT2D eigenvalue weighted by atomic mass is 9.96. The zero-order valence-electron chi connectivity index (χ0n) is 13.6. The van der Waals surface area contributed by atoms with Crippen LogP contribution in [0.5, 0.6) is 0 Å². The number of nitriles is 1. The lowest BCUT2D eigenvalue weighted by molar-refractivity contribution is 0.266. The Bertz CT molecular complexity index is 299. The van der Waals surface area contributed by atoms with Crippen LogP contribution in [-0.4, -0.2) is 61.7 Å². The number of hydrogen-bond donors (Lipinski definition) is 1. The van der Waals surface area contributed by atoms with Crippen LogP contribution in [0.2, 0.25) is 0 Å². The molecule has 1 heterocycles. The summed E-state index contributed by atoms with van der Waals surface area (Å²) in [6.45, 7) is 11.1. The Hall–Kier alpha value is -0.630. The van der Waals surface area contributed by atoms with Crippen molar-refractivity contribution in [2.24, 2.45) is 0 Å². The van der Waals surface area contributed by atoms with E-state index in [9.17, 15) is 5.26 Å². The molecule has 1 aliphatic heterocycles. The monoisotopic (exact) mass is 280 g/mol. The zero-order chi connectivity index (χ0) is 14.8. The highest BCUT2D eigenvalue weighted by Gasteiger charge is 2.21. The average molecular weight is 280 g/mol. The fourth-order valence-electron chi connectivity index (χ4n) is 2.72. The molecule has 0 radical (unpaired) electrons. The molecule has 1 N–H and O–H groups in total. The van der Waals surface area contributed by atoms with Crippen molar-refractivity contribution in [2.75, 3.05) is 46.3 Å². The largest absolute Gasteiger partial charge is 0.305 e. The molecular weight excluding hydrogens is 248 g/mol. The van der Waals surface area contributed by atoms with Gasteiger partial charge in [0, 0.05) is 13.1 Å². The van der Waals surface area contributed by atoms with Crippen molar-refractivity contribution < 1.29 is 0 Å². The third-order valence-corrected chi connectivity index (χ3v) is 4.23. The molecule has 1 atom stereocenters. The molecule has 0 spiro atoms. The fraction of sp³-hybridized carbons (Fsp3) is 0.938. The first-order chi connectivity index (χ1) is 9.59. The third-order valence-electron chi connectivity index (χ3n) is 4.23. The van der Waals surface area contributed by atoms with Crippen LogP contribution in [0.25, 0.3) is 0 Å². The van der Waals surface area contributed by atoms with E-state index in [-0.39, 0.29) is 5.54 Å². The first-order valence-electron chi connectivity index (χ1n) is 8.17. The molecule has 1 fully saturated rings. The highest BCUT2D eigenvalue weighted by molar-refractivity contribution is 5.03. The summed E-state index contributed by atoms with van der Waals surface area (Å²) < 4.78 is 0. The van der Waals surface area contributed by atoms with Gasteiger partial charge in [-0.05, 0) is 72.3 Å². The van der Waals surface area contributed by atoms with E-state index in [1.54, 1.807) is 0 Å². The van der Waals surface area contributed by atoms with Gasteiger partial charge in [0.2, 0.25) is 0 Å². The van der Waals surface area contributed by atoms with Gasteiger partial charge < -0.3 is 9.80 Å². The molecule has 1 saturated heterocycles. The molecule has 1 rings (SSSR count). The minimum Gasteiger partial charge on any atom is -0.305 e. The van der Waals surface area contributed by atoms with Gasteiger partial charge in [0.15, 0.2) is 0 Å². The first kappa shape index (κ1) is 17.4. The highest BCUT2D eigenvalue weighted by atomic mass is 15.2. The van der Waals surface area contributed by atoms with Gasteiger partial charge >= 0.3 is 0 Å². The van der Waals surface area contributed by atoms with Crippen LogP contribution < -0.4 is 5.32 Å². The lowest BCUT2D eigenvalue weighted by Gasteiger charge is -2.24. The lowest BCUT2D eigenvalue weighted by Crippen LogP contribution is -2.41. The molecule has 4 heteroatoms. The number of hydrogen-bond acceptors (Lipinski definition) is 4. The van der Waals surface area contributed by atoms with Gasteiger partial charge in [-0.2, -0.15) is 5.26 Å². The topological polar surface area (TPSA) is 42.3 Å². The Morgan fingerprint density at radius 2 is 2.00 bits per heavy atom. The molecule has 116 valence electrons. The van der Waals surface area contributed by atoms with E-state index in [1.807, 2.05) is 6.92 Å². The van der Waals surface area contributed by atoms with E-state index in [2.05, 4.69) is 35.2 Å². The maximum Gasteiger partial charge on any atom is 0.103 e. The van der Waals surface area contributed by atoms with Crippen molar-refractivity contribution in [3.8, 4) is 6.07 Å². The second-order valence-corrected chi connectivity index (χ2v) is 6.33. The minimum atomic E-state index is -0.338. The standard InChI is InChI=1S/C16H32N4/c1-4-9-18-16(2,15-17)8-5-6-11-20-12-7-10-19(3)13-14-20/h18H,4-14H2,1-3H3. The Labute approximate surface area is 125 Å². The Morgan fingerprint density at radius 1 is 1.20 bits per heavy atom. The molecule has 0 aromatic heterocycles. The van der Waals surface area contributed by atoms with Gasteiger partial charge in [0.1, 0.15) is 5.54 Å². The molecule has 0 aromatic rings. The number of unbranched alkanes of at least 4 members (excludes halogenated alkanes) is 1. The van der Waals surface area contributed by atoms with Crippen LogP contribution in [-0.2, 0) is 0 Å². The van der Waals surface area contributed by atoms with Crippen molar-refractivity contribution in [1.82, 2.24) is 15.1 Å². The van der Waals surface area contributed by atoms with Crippen LogP contribution in [0.3, 0.4) is 0 Å². The van der Waals surface area contributed by atoms with Crippen LogP contribution in [0, 0.1) is 11.3 Å².